The van der Waals surface area contributed by atoms with Crippen LogP contribution in [-0.4, -0.2) is 29.7 Å². The van der Waals surface area contributed by atoms with E-state index in [-0.39, 0.29) is 0 Å². The lowest BCUT2D eigenvalue weighted by molar-refractivity contribution is 0.324. The SMILES string of the molecule is CCOc1cc(C)nc(NCCOc2cccc(N)c2)n1. The lowest BCUT2D eigenvalue weighted by Gasteiger charge is -2.09. The second-order valence-electron chi connectivity index (χ2n) is 4.45. The zero-order chi connectivity index (χ0) is 15.1. The molecule has 0 aliphatic carbocycles. The maximum atomic E-state index is 5.69. The predicted molar refractivity (Wildman–Crippen MR) is 82.8 cm³/mol. The van der Waals surface area contributed by atoms with Crippen molar-refractivity contribution in [2.75, 3.05) is 30.8 Å². The summed E-state index contributed by atoms with van der Waals surface area (Å²) in [5.74, 6) is 1.86. The van der Waals surface area contributed by atoms with Crippen molar-refractivity contribution >= 4 is 11.6 Å². The zero-order valence-electron chi connectivity index (χ0n) is 12.3. The van der Waals surface area contributed by atoms with E-state index in [0.29, 0.717) is 37.3 Å². The van der Waals surface area contributed by atoms with Crippen LogP contribution in [0.5, 0.6) is 11.6 Å². The van der Waals surface area contributed by atoms with Gasteiger partial charge in [-0.25, -0.2) is 4.98 Å². The second kappa shape index (κ2) is 7.33. The number of benzene rings is 1. The minimum absolute atomic E-state index is 0.491. The highest BCUT2D eigenvalue weighted by molar-refractivity contribution is 5.43. The summed E-state index contributed by atoms with van der Waals surface area (Å²) in [6.45, 7) is 5.48. The second-order valence-corrected chi connectivity index (χ2v) is 4.45. The van der Waals surface area contributed by atoms with E-state index < -0.39 is 0 Å². The molecular formula is C15H20N4O2. The van der Waals surface area contributed by atoms with Gasteiger partial charge in [-0.1, -0.05) is 6.07 Å². The van der Waals surface area contributed by atoms with Crippen LogP contribution in [-0.2, 0) is 0 Å². The molecule has 0 saturated carbocycles. The van der Waals surface area contributed by atoms with Crippen LogP contribution in [0, 0.1) is 6.92 Å². The Bertz CT molecular complexity index is 590. The summed E-state index contributed by atoms with van der Waals surface area (Å²) in [5.41, 5.74) is 7.22. The molecule has 6 nitrogen and oxygen atoms in total. The molecule has 2 rings (SSSR count). The Labute approximate surface area is 124 Å². The number of nitrogen functional groups attached to an aromatic ring is 1. The van der Waals surface area contributed by atoms with Gasteiger partial charge in [0.25, 0.3) is 0 Å². The van der Waals surface area contributed by atoms with E-state index in [1.54, 1.807) is 12.1 Å². The van der Waals surface area contributed by atoms with E-state index in [9.17, 15) is 0 Å². The van der Waals surface area contributed by atoms with Gasteiger partial charge in [0.15, 0.2) is 0 Å². The zero-order valence-corrected chi connectivity index (χ0v) is 12.3. The Kier molecular flexibility index (Phi) is 5.20. The van der Waals surface area contributed by atoms with Crippen molar-refractivity contribution < 1.29 is 9.47 Å². The van der Waals surface area contributed by atoms with Crippen LogP contribution in [0.2, 0.25) is 0 Å². The van der Waals surface area contributed by atoms with Crippen LogP contribution in [0.1, 0.15) is 12.6 Å². The van der Waals surface area contributed by atoms with Crippen LogP contribution in [0.15, 0.2) is 30.3 Å². The molecule has 0 fully saturated rings. The molecule has 1 heterocycles. The molecule has 0 spiro atoms. The Morgan fingerprint density at radius 1 is 1.19 bits per heavy atom. The summed E-state index contributed by atoms with van der Waals surface area (Å²) in [5, 5.41) is 3.11. The molecule has 0 saturated heterocycles. The Balaban J connectivity index is 1.83. The summed E-state index contributed by atoms with van der Waals surface area (Å²) >= 11 is 0. The minimum Gasteiger partial charge on any atom is -0.492 e. The minimum atomic E-state index is 0.491. The number of aromatic nitrogens is 2. The molecule has 6 heteroatoms. The third kappa shape index (κ3) is 4.83. The highest BCUT2D eigenvalue weighted by atomic mass is 16.5. The van der Waals surface area contributed by atoms with Crippen LogP contribution in [0.25, 0.3) is 0 Å². The van der Waals surface area contributed by atoms with Gasteiger partial charge in [-0.2, -0.15) is 4.98 Å². The van der Waals surface area contributed by atoms with Gasteiger partial charge in [-0.15, -0.1) is 0 Å². The average Bonchev–Trinajstić information content (AvgIpc) is 2.43. The van der Waals surface area contributed by atoms with E-state index in [1.807, 2.05) is 32.0 Å². The van der Waals surface area contributed by atoms with Gasteiger partial charge in [0.1, 0.15) is 12.4 Å². The third-order valence-electron chi connectivity index (χ3n) is 2.63. The highest BCUT2D eigenvalue weighted by Gasteiger charge is 2.02. The number of hydrogen-bond acceptors (Lipinski definition) is 6. The van der Waals surface area contributed by atoms with E-state index in [2.05, 4.69) is 15.3 Å². The first-order valence-corrected chi connectivity index (χ1v) is 6.88. The smallest absolute Gasteiger partial charge is 0.226 e. The lowest BCUT2D eigenvalue weighted by atomic mass is 10.3. The van der Waals surface area contributed by atoms with Crippen LogP contribution < -0.4 is 20.5 Å². The maximum absolute atomic E-state index is 5.69. The summed E-state index contributed by atoms with van der Waals surface area (Å²) in [6.07, 6.45) is 0. The first-order chi connectivity index (χ1) is 10.2. The summed E-state index contributed by atoms with van der Waals surface area (Å²) in [7, 11) is 0. The van der Waals surface area contributed by atoms with Gasteiger partial charge in [-0.05, 0) is 26.0 Å². The number of hydrogen-bond donors (Lipinski definition) is 2. The maximum Gasteiger partial charge on any atom is 0.226 e. The van der Waals surface area contributed by atoms with Gasteiger partial charge in [0, 0.05) is 23.5 Å². The number of nitrogens with zero attached hydrogens (tertiary/aromatic N) is 2. The molecular weight excluding hydrogens is 268 g/mol. The van der Waals surface area contributed by atoms with Crippen molar-refractivity contribution in [3.05, 3.63) is 36.0 Å². The Morgan fingerprint density at radius 3 is 2.81 bits per heavy atom. The molecule has 112 valence electrons. The van der Waals surface area contributed by atoms with Crippen molar-refractivity contribution in [3.8, 4) is 11.6 Å². The largest absolute Gasteiger partial charge is 0.492 e. The third-order valence-corrected chi connectivity index (χ3v) is 2.63. The molecule has 0 aliphatic rings. The average molecular weight is 288 g/mol. The molecule has 3 N–H and O–H groups in total. The standard InChI is InChI=1S/C15H20N4O2/c1-3-20-14-9-11(2)18-15(19-14)17-7-8-21-13-6-4-5-12(16)10-13/h4-6,9-10H,3,7-8,16H2,1-2H3,(H,17,18,19). The quantitative estimate of drug-likeness (QED) is 0.600. The molecule has 0 radical (unpaired) electrons. The Hall–Kier alpha value is -2.50. The topological polar surface area (TPSA) is 82.3 Å². The molecule has 1 aromatic heterocycles. The molecule has 0 atom stereocenters. The van der Waals surface area contributed by atoms with Crippen molar-refractivity contribution in [3.63, 3.8) is 0 Å². The van der Waals surface area contributed by atoms with Crippen molar-refractivity contribution in [2.45, 2.75) is 13.8 Å². The summed E-state index contributed by atoms with van der Waals surface area (Å²) in [4.78, 5) is 8.56. The normalized spacial score (nSPS) is 10.2. The van der Waals surface area contributed by atoms with Crippen molar-refractivity contribution in [2.24, 2.45) is 0 Å². The van der Waals surface area contributed by atoms with Crippen molar-refractivity contribution in [1.82, 2.24) is 9.97 Å². The van der Waals surface area contributed by atoms with Gasteiger partial charge in [-0.3, -0.25) is 0 Å². The van der Waals surface area contributed by atoms with E-state index in [4.69, 9.17) is 15.2 Å². The summed E-state index contributed by atoms with van der Waals surface area (Å²) < 4.78 is 11.0. The number of aryl methyl sites for hydroxylation is 1. The fraction of sp³-hybridized carbons (Fsp3) is 0.333. The molecule has 0 bridgehead atoms. The first kappa shape index (κ1) is 14.9. The van der Waals surface area contributed by atoms with Gasteiger partial charge in [0.05, 0.1) is 13.2 Å². The number of rotatable bonds is 7. The fourth-order valence-corrected chi connectivity index (χ4v) is 1.78. The number of anilines is 2. The number of nitrogens with two attached hydrogens (primary N) is 1. The molecule has 0 unspecified atom stereocenters. The number of ether oxygens (including phenoxy) is 2. The molecule has 1 aromatic carbocycles. The Morgan fingerprint density at radius 2 is 2.05 bits per heavy atom. The fourth-order valence-electron chi connectivity index (χ4n) is 1.78. The van der Waals surface area contributed by atoms with Crippen LogP contribution in [0.3, 0.4) is 0 Å². The van der Waals surface area contributed by atoms with E-state index in [0.717, 1.165) is 11.4 Å². The van der Waals surface area contributed by atoms with Crippen LogP contribution in [0.4, 0.5) is 11.6 Å². The first-order valence-electron chi connectivity index (χ1n) is 6.88. The van der Waals surface area contributed by atoms with Crippen molar-refractivity contribution in [1.29, 1.82) is 0 Å². The predicted octanol–water partition coefficient (Wildman–Crippen LogP) is 2.26. The molecule has 21 heavy (non-hydrogen) atoms. The lowest BCUT2D eigenvalue weighted by Crippen LogP contribution is -2.14. The molecule has 2 aromatic rings. The van der Waals surface area contributed by atoms with Gasteiger partial charge >= 0.3 is 0 Å². The molecule has 0 aliphatic heterocycles. The number of nitrogens with one attached hydrogen (secondary N) is 1. The van der Waals surface area contributed by atoms with E-state index in [1.165, 1.54) is 0 Å². The van der Waals surface area contributed by atoms with Gasteiger partial charge in [0.2, 0.25) is 11.8 Å². The van der Waals surface area contributed by atoms with E-state index >= 15 is 0 Å². The van der Waals surface area contributed by atoms with Gasteiger partial charge < -0.3 is 20.5 Å². The van der Waals surface area contributed by atoms with Crippen LogP contribution >= 0.6 is 0 Å². The molecule has 0 amide bonds. The highest BCUT2D eigenvalue weighted by Crippen LogP contribution is 2.14. The summed E-state index contributed by atoms with van der Waals surface area (Å²) in [6, 6.07) is 9.14. The monoisotopic (exact) mass is 288 g/mol.